The van der Waals surface area contributed by atoms with E-state index in [1.54, 1.807) is 0 Å². The molecule has 0 aliphatic rings. The van der Waals surface area contributed by atoms with Gasteiger partial charge < -0.3 is 4.74 Å². The minimum atomic E-state index is 0.297. The van der Waals surface area contributed by atoms with Crippen molar-refractivity contribution in [3.63, 3.8) is 0 Å². The lowest BCUT2D eigenvalue weighted by atomic mass is 9.98. The Hall–Kier alpha value is -0.0400. The van der Waals surface area contributed by atoms with Gasteiger partial charge in [-0.3, -0.25) is 0 Å². The summed E-state index contributed by atoms with van der Waals surface area (Å²) in [7, 11) is 0. The molecule has 0 unspecified atom stereocenters. The van der Waals surface area contributed by atoms with Gasteiger partial charge in [0.05, 0.1) is 12.7 Å². The lowest BCUT2D eigenvalue weighted by Gasteiger charge is -2.22. The van der Waals surface area contributed by atoms with E-state index < -0.39 is 0 Å². The number of hydrogen-bond acceptors (Lipinski definition) is 1. The van der Waals surface area contributed by atoms with Crippen LogP contribution in [0.25, 0.3) is 0 Å². The van der Waals surface area contributed by atoms with Gasteiger partial charge in [0, 0.05) is 0 Å². The lowest BCUT2D eigenvalue weighted by Crippen LogP contribution is -2.20. The van der Waals surface area contributed by atoms with Crippen LogP contribution in [-0.4, -0.2) is 12.7 Å². The van der Waals surface area contributed by atoms with Gasteiger partial charge in [0.1, 0.15) is 0 Å². The summed E-state index contributed by atoms with van der Waals surface area (Å²) in [6.07, 6.45) is 1.57. The van der Waals surface area contributed by atoms with Gasteiger partial charge in [-0.05, 0) is 24.7 Å². The van der Waals surface area contributed by atoms with Gasteiger partial charge in [0.25, 0.3) is 0 Å². The molecule has 0 bridgehead atoms. The molecule has 0 spiro atoms. The Morgan fingerprint density at radius 3 is 1.92 bits per heavy atom. The number of ether oxygens (including phenoxy) is 1. The zero-order valence-electron chi connectivity index (χ0n) is 9.48. The standard InChI is InChI=1S/C11H24O/c1-9(2)7-10(3)12-8-11(4,5)6/h9-10H,7-8H2,1-6H3/t10-/m1/s1. The lowest BCUT2D eigenvalue weighted by molar-refractivity contribution is 0.00862. The van der Waals surface area contributed by atoms with Crippen molar-refractivity contribution in [3.8, 4) is 0 Å². The number of hydrogen-bond donors (Lipinski definition) is 0. The Bertz CT molecular complexity index is 111. The molecule has 0 fully saturated rings. The van der Waals surface area contributed by atoms with Crippen LogP contribution in [0.3, 0.4) is 0 Å². The molecule has 12 heavy (non-hydrogen) atoms. The first-order valence-electron chi connectivity index (χ1n) is 4.93. The third-order valence-corrected chi connectivity index (χ3v) is 1.60. The second-order valence-corrected chi connectivity index (χ2v) is 5.31. The van der Waals surface area contributed by atoms with E-state index in [0.717, 1.165) is 18.9 Å². The SMILES string of the molecule is CC(C)C[C@@H](C)OCC(C)(C)C. The molecule has 0 radical (unpaired) electrons. The maximum Gasteiger partial charge on any atom is 0.0549 e. The van der Waals surface area contributed by atoms with E-state index in [4.69, 9.17) is 4.74 Å². The van der Waals surface area contributed by atoms with E-state index in [-0.39, 0.29) is 0 Å². The highest BCUT2D eigenvalue weighted by Gasteiger charge is 2.13. The molecule has 0 saturated heterocycles. The summed E-state index contributed by atoms with van der Waals surface area (Å²) in [6.45, 7) is 14.1. The van der Waals surface area contributed by atoms with Crippen LogP contribution >= 0.6 is 0 Å². The van der Waals surface area contributed by atoms with Crippen molar-refractivity contribution in [2.75, 3.05) is 6.61 Å². The smallest absolute Gasteiger partial charge is 0.0549 e. The summed E-state index contributed by atoms with van der Waals surface area (Å²) in [5, 5.41) is 0. The van der Waals surface area contributed by atoms with Crippen molar-refractivity contribution in [1.29, 1.82) is 0 Å². The molecule has 0 aromatic heterocycles. The highest BCUT2D eigenvalue weighted by atomic mass is 16.5. The summed E-state index contributed by atoms with van der Waals surface area (Å²) >= 11 is 0. The largest absolute Gasteiger partial charge is 0.378 e. The van der Waals surface area contributed by atoms with E-state index in [2.05, 4.69) is 41.5 Å². The maximum atomic E-state index is 5.72. The Balaban J connectivity index is 3.51. The summed E-state index contributed by atoms with van der Waals surface area (Å²) in [6, 6.07) is 0. The van der Waals surface area contributed by atoms with Crippen LogP contribution in [0, 0.1) is 11.3 Å². The Kier molecular flexibility index (Phi) is 4.84. The second kappa shape index (κ2) is 4.86. The van der Waals surface area contributed by atoms with Gasteiger partial charge in [0.15, 0.2) is 0 Å². The zero-order chi connectivity index (χ0) is 9.78. The Morgan fingerprint density at radius 1 is 1.08 bits per heavy atom. The van der Waals surface area contributed by atoms with E-state index in [0.29, 0.717) is 11.5 Å². The molecule has 0 aliphatic heterocycles. The minimum absolute atomic E-state index is 0.297. The first kappa shape index (κ1) is 12.0. The minimum Gasteiger partial charge on any atom is -0.378 e. The third kappa shape index (κ3) is 8.06. The van der Waals surface area contributed by atoms with Crippen LogP contribution < -0.4 is 0 Å². The molecule has 1 atom stereocenters. The normalized spacial score (nSPS) is 15.2. The third-order valence-electron chi connectivity index (χ3n) is 1.60. The van der Waals surface area contributed by atoms with E-state index in [1.165, 1.54) is 0 Å². The maximum absolute atomic E-state index is 5.72. The van der Waals surface area contributed by atoms with E-state index in [9.17, 15) is 0 Å². The highest BCUT2D eigenvalue weighted by molar-refractivity contribution is 4.61. The first-order chi connectivity index (χ1) is 5.31. The van der Waals surface area contributed by atoms with Crippen LogP contribution in [0.15, 0.2) is 0 Å². The molecule has 0 amide bonds. The van der Waals surface area contributed by atoms with Gasteiger partial charge in [-0.15, -0.1) is 0 Å². The van der Waals surface area contributed by atoms with Gasteiger partial charge in [-0.1, -0.05) is 34.6 Å². The average molecular weight is 172 g/mol. The van der Waals surface area contributed by atoms with Crippen molar-refractivity contribution in [2.24, 2.45) is 11.3 Å². The summed E-state index contributed by atoms with van der Waals surface area (Å²) in [5.74, 6) is 0.736. The molecular formula is C11H24O. The predicted molar refractivity (Wildman–Crippen MR) is 54.3 cm³/mol. The quantitative estimate of drug-likeness (QED) is 0.631. The molecular weight excluding hydrogens is 148 g/mol. The van der Waals surface area contributed by atoms with Crippen LogP contribution in [0.2, 0.25) is 0 Å². The number of rotatable bonds is 4. The van der Waals surface area contributed by atoms with E-state index >= 15 is 0 Å². The molecule has 0 rings (SSSR count). The molecule has 74 valence electrons. The highest BCUT2D eigenvalue weighted by Crippen LogP contribution is 2.16. The fourth-order valence-electron chi connectivity index (χ4n) is 1.12. The van der Waals surface area contributed by atoms with E-state index in [1.807, 2.05) is 0 Å². The predicted octanol–water partition coefficient (Wildman–Crippen LogP) is 3.48. The average Bonchev–Trinajstić information content (AvgIpc) is 1.80. The molecule has 0 aromatic carbocycles. The Morgan fingerprint density at radius 2 is 1.58 bits per heavy atom. The van der Waals surface area contributed by atoms with Crippen LogP contribution in [0.1, 0.15) is 48.0 Å². The first-order valence-corrected chi connectivity index (χ1v) is 4.93. The zero-order valence-corrected chi connectivity index (χ0v) is 9.48. The molecule has 0 heterocycles. The van der Waals surface area contributed by atoms with Crippen LogP contribution in [0.4, 0.5) is 0 Å². The molecule has 0 aromatic rings. The van der Waals surface area contributed by atoms with Gasteiger partial charge >= 0.3 is 0 Å². The Labute approximate surface area is 77.5 Å². The summed E-state index contributed by atoms with van der Waals surface area (Å²) in [4.78, 5) is 0. The molecule has 1 heteroatoms. The summed E-state index contributed by atoms with van der Waals surface area (Å²) in [5.41, 5.74) is 0.297. The van der Waals surface area contributed by atoms with Gasteiger partial charge in [0.2, 0.25) is 0 Å². The molecule has 0 saturated carbocycles. The van der Waals surface area contributed by atoms with Gasteiger partial charge in [-0.25, -0.2) is 0 Å². The van der Waals surface area contributed by atoms with Crippen molar-refractivity contribution in [2.45, 2.75) is 54.1 Å². The molecule has 1 nitrogen and oxygen atoms in total. The molecule has 0 aliphatic carbocycles. The second-order valence-electron chi connectivity index (χ2n) is 5.31. The summed E-state index contributed by atoms with van der Waals surface area (Å²) < 4.78 is 5.72. The van der Waals surface area contributed by atoms with Gasteiger partial charge in [-0.2, -0.15) is 0 Å². The van der Waals surface area contributed by atoms with Crippen molar-refractivity contribution in [1.82, 2.24) is 0 Å². The van der Waals surface area contributed by atoms with Crippen molar-refractivity contribution >= 4 is 0 Å². The van der Waals surface area contributed by atoms with Crippen LogP contribution in [-0.2, 0) is 4.74 Å². The monoisotopic (exact) mass is 172 g/mol. The van der Waals surface area contributed by atoms with Crippen molar-refractivity contribution in [3.05, 3.63) is 0 Å². The fraction of sp³-hybridized carbons (Fsp3) is 1.00. The fourth-order valence-corrected chi connectivity index (χ4v) is 1.12. The molecule has 0 N–H and O–H groups in total. The van der Waals surface area contributed by atoms with Crippen LogP contribution in [0.5, 0.6) is 0 Å². The topological polar surface area (TPSA) is 9.23 Å². The van der Waals surface area contributed by atoms with Crippen molar-refractivity contribution < 1.29 is 4.74 Å².